The number of anilines is 1. The van der Waals surface area contributed by atoms with E-state index in [2.05, 4.69) is 10.4 Å². The minimum atomic E-state index is -2.51. The van der Waals surface area contributed by atoms with Crippen molar-refractivity contribution in [1.29, 1.82) is 0 Å². The molecule has 0 bridgehead atoms. The number of amides is 2. The van der Waals surface area contributed by atoms with E-state index < -0.39 is 19.0 Å². The van der Waals surface area contributed by atoms with Gasteiger partial charge in [0.15, 0.2) is 0 Å². The predicted molar refractivity (Wildman–Crippen MR) is 81.2 cm³/mol. The molecule has 0 aliphatic carbocycles. The third kappa shape index (κ3) is 5.33. The summed E-state index contributed by atoms with van der Waals surface area (Å²) in [6, 6.07) is 8.91. The van der Waals surface area contributed by atoms with E-state index in [1.165, 1.54) is 17.3 Å². The third-order valence-corrected chi connectivity index (χ3v) is 3.08. The Kier molecular flexibility index (Phi) is 6.04. The maximum Gasteiger partial charge on any atom is 0.322 e. The molecule has 0 fully saturated rings. The van der Waals surface area contributed by atoms with Gasteiger partial charge in [-0.15, -0.1) is 0 Å². The number of hydrogen-bond acceptors (Lipinski definition) is 3. The summed E-state index contributed by atoms with van der Waals surface area (Å²) in [5.74, 6) is 0. The highest BCUT2D eigenvalue weighted by atomic mass is 19.3. The second-order valence-corrected chi connectivity index (χ2v) is 4.90. The molecule has 6 nitrogen and oxygen atoms in total. The fourth-order valence-electron chi connectivity index (χ4n) is 2.05. The number of carbonyl (C=O) groups is 1. The molecule has 8 heteroatoms. The lowest BCUT2D eigenvalue weighted by Crippen LogP contribution is -2.36. The standard InChI is InChI=1S/C15H18F2N4O2/c16-14(17)11-21-10-13(8-18-21)19-15(23)20(6-7-22)9-12-4-2-1-3-5-12/h1-5,8,10,14,22H,6-7,9,11H2,(H,19,23). The first kappa shape index (κ1) is 16.9. The molecule has 1 heterocycles. The van der Waals surface area contributed by atoms with Crippen molar-refractivity contribution in [3.63, 3.8) is 0 Å². The maximum absolute atomic E-state index is 12.3. The fraction of sp³-hybridized carbons (Fsp3) is 0.333. The molecular weight excluding hydrogens is 306 g/mol. The number of alkyl halides is 2. The molecule has 0 atom stereocenters. The van der Waals surface area contributed by atoms with Crippen LogP contribution in [0.5, 0.6) is 0 Å². The Morgan fingerprint density at radius 3 is 2.74 bits per heavy atom. The van der Waals surface area contributed by atoms with Crippen LogP contribution in [0.1, 0.15) is 5.56 Å². The molecule has 0 aliphatic rings. The number of halogens is 2. The predicted octanol–water partition coefficient (Wildman–Crippen LogP) is 2.17. The van der Waals surface area contributed by atoms with Crippen molar-refractivity contribution in [2.45, 2.75) is 19.5 Å². The quantitative estimate of drug-likeness (QED) is 0.820. The van der Waals surface area contributed by atoms with Gasteiger partial charge in [0.2, 0.25) is 0 Å². The largest absolute Gasteiger partial charge is 0.395 e. The summed E-state index contributed by atoms with van der Waals surface area (Å²) in [6.07, 6.45) is 0.131. The van der Waals surface area contributed by atoms with Gasteiger partial charge < -0.3 is 15.3 Å². The van der Waals surface area contributed by atoms with Gasteiger partial charge in [-0.2, -0.15) is 5.10 Å². The van der Waals surface area contributed by atoms with Gasteiger partial charge in [-0.25, -0.2) is 13.6 Å². The Bertz CT molecular complexity index is 619. The minimum absolute atomic E-state index is 0.159. The number of hydrogen-bond donors (Lipinski definition) is 2. The minimum Gasteiger partial charge on any atom is -0.395 e. The number of benzene rings is 1. The summed E-state index contributed by atoms with van der Waals surface area (Å²) in [6.45, 7) is -0.213. The summed E-state index contributed by atoms with van der Waals surface area (Å²) >= 11 is 0. The van der Waals surface area contributed by atoms with Crippen LogP contribution < -0.4 is 5.32 Å². The summed E-state index contributed by atoms with van der Waals surface area (Å²) in [5.41, 5.74) is 1.25. The number of aromatic nitrogens is 2. The van der Waals surface area contributed by atoms with Crippen LogP contribution in [-0.4, -0.2) is 45.4 Å². The first-order chi connectivity index (χ1) is 11.1. The van der Waals surface area contributed by atoms with Crippen LogP contribution in [0.15, 0.2) is 42.7 Å². The Morgan fingerprint density at radius 2 is 2.09 bits per heavy atom. The van der Waals surface area contributed by atoms with Gasteiger partial charge in [0, 0.05) is 19.3 Å². The molecule has 0 saturated heterocycles. The summed E-state index contributed by atoms with van der Waals surface area (Å²) < 4.78 is 25.6. The number of nitrogens with zero attached hydrogens (tertiary/aromatic N) is 3. The second kappa shape index (κ2) is 8.23. The molecule has 0 aliphatic heterocycles. The van der Waals surface area contributed by atoms with Crippen molar-refractivity contribution in [1.82, 2.24) is 14.7 Å². The Balaban J connectivity index is 1.99. The normalized spacial score (nSPS) is 10.8. The number of urea groups is 1. The molecule has 0 radical (unpaired) electrons. The molecule has 23 heavy (non-hydrogen) atoms. The van der Waals surface area contributed by atoms with Crippen LogP contribution in [0.4, 0.5) is 19.3 Å². The molecule has 2 rings (SSSR count). The average Bonchev–Trinajstić information content (AvgIpc) is 2.94. The third-order valence-electron chi connectivity index (χ3n) is 3.08. The van der Waals surface area contributed by atoms with Gasteiger partial charge in [0.1, 0.15) is 6.54 Å². The van der Waals surface area contributed by atoms with Gasteiger partial charge in [0.25, 0.3) is 6.43 Å². The van der Waals surface area contributed by atoms with Crippen LogP contribution in [0.3, 0.4) is 0 Å². The highest BCUT2D eigenvalue weighted by Gasteiger charge is 2.15. The van der Waals surface area contributed by atoms with Crippen molar-refractivity contribution >= 4 is 11.7 Å². The van der Waals surface area contributed by atoms with E-state index in [1.807, 2.05) is 30.3 Å². The van der Waals surface area contributed by atoms with Gasteiger partial charge in [-0.1, -0.05) is 30.3 Å². The Labute approximate surface area is 132 Å². The number of aliphatic hydroxyl groups excluding tert-OH is 1. The molecule has 0 spiro atoms. The van der Waals surface area contributed by atoms with Crippen molar-refractivity contribution < 1.29 is 18.7 Å². The van der Waals surface area contributed by atoms with Crippen LogP contribution in [0, 0.1) is 0 Å². The van der Waals surface area contributed by atoms with Crippen LogP contribution >= 0.6 is 0 Å². The van der Waals surface area contributed by atoms with Gasteiger partial charge in [0.05, 0.1) is 18.5 Å². The zero-order chi connectivity index (χ0) is 16.7. The zero-order valence-electron chi connectivity index (χ0n) is 12.4. The number of aliphatic hydroxyl groups is 1. The van der Waals surface area contributed by atoms with E-state index >= 15 is 0 Å². The van der Waals surface area contributed by atoms with E-state index in [-0.39, 0.29) is 13.2 Å². The van der Waals surface area contributed by atoms with Crippen molar-refractivity contribution in [3.8, 4) is 0 Å². The van der Waals surface area contributed by atoms with Gasteiger partial charge in [-0.3, -0.25) is 4.68 Å². The van der Waals surface area contributed by atoms with E-state index in [9.17, 15) is 13.6 Å². The Hall–Kier alpha value is -2.48. The summed E-state index contributed by atoms with van der Waals surface area (Å²) in [5, 5.41) is 15.5. The van der Waals surface area contributed by atoms with E-state index in [4.69, 9.17) is 5.11 Å². The number of rotatable bonds is 7. The molecule has 2 aromatic rings. The van der Waals surface area contributed by atoms with Crippen molar-refractivity contribution in [2.24, 2.45) is 0 Å². The van der Waals surface area contributed by atoms with Crippen molar-refractivity contribution in [3.05, 3.63) is 48.3 Å². The topological polar surface area (TPSA) is 70.4 Å². The zero-order valence-corrected chi connectivity index (χ0v) is 12.4. The molecule has 0 saturated carbocycles. The highest BCUT2D eigenvalue weighted by Crippen LogP contribution is 2.10. The SMILES string of the molecule is O=C(Nc1cnn(CC(F)F)c1)N(CCO)Cc1ccccc1. The molecular formula is C15H18F2N4O2. The van der Waals surface area contributed by atoms with Gasteiger partial charge >= 0.3 is 6.03 Å². The summed E-state index contributed by atoms with van der Waals surface area (Å²) in [7, 11) is 0. The van der Waals surface area contributed by atoms with Crippen LogP contribution in [-0.2, 0) is 13.1 Å². The van der Waals surface area contributed by atoms with E-state index in [1.54, 1.807) is 0 Å². The molecule has 124 valence electrons. The molecule has 2 amide bonds. The van der Waals surface area contributed by atoms with Gasteiger partial charge in [-0.05, 0) is 5.56 Å². The lowest BCUT2D eigenvalue weighted by Gasteiger charge is -2.21. The number of nitrogens with one attached hydrogen (secondary N) is 1. The fourth-order valence-corrected chi connectivity index (χ4v) is 2.05. The molecule has 1 aromatic carbocycles. The first-order valence-corrected chi connectivity index (χ1v) is 7.10. The Morgan fingerprint density at radius 1 is 1.35 bits per heavy atom. The first-order valence-electron chi connectivity index (χ1n) is 7.10. The second-order valence-electron chi connectivity index (χ2n) is 4.90. The van der Waals surface area contributed by atoms with Crippen LogP contribution in [0.25, 0.3) is 0 Å². The highest BCUT2D eigenvalue weighted by molar-refractivity contribution is 5.89. The molecule has 2 N–H and O–H groups in total. The molecule has 1 aromatic heterocycles. The lowest BCUT2D eigenvalue weighted by molar-refractivity contribution is 0.122. The van der Waals surface area contributed by atoms with Crippen molar-refractivity contribution in [2.75, 3.05) is 18.5 Å². The maximum atomic E-state index is 12.3. The lowest BCUT2D eigenvalue weighted by atomic mass is 10.2. The summed E-state index contributed by atoms with van der Waals surface area (Å²) in [4.78, 5) is 13.7. The molecule has 0 unspecified atom stereocenters. The average molecular weight is 324 g/mol. The smallest absolute Gasteiger partial charge is 0.322 e. The van der Waals surface area contributed by atoms with E-state index in [0.717, 1.165) is 10.2 Å². The van der Waals surface area contributed by atoms with E-state index in [0.29, 0.717) is 12.2 Å². The monoisotopic (exact) mass is 324 g/mol. The number of carbonyl (C=O) groups excluding carboxylic acids is 1. The van der Waals surface area contributed by atoms with Crippen LogP contribution in [0.2, 0.25) is 0 Å².